The van der Waals surface area contributed by atoms with Gasteiger partial charge >= 0.3 is 0 Å². The molecule has 0 aliphatic carbocycles. The Morgan fingerprint density at radius 3 is 2.86 bits per heavy atom. The lowest BCUT2D eigenvalue weighted by molar-refractivity contribution is 0.526. The fraction of sp³-hybridized carbons (Fsp3) is 0.0588. The number of fused-ring (bicyclic) bond motifs is 2. The summed E-state index contributed by atoms with van der Waals surface area (Å²) in [5.74, 6) is 0.378. The van der Waals surface area contributed by atoms with Gasteiger partial charge in [-0.15, -0.1) is 11.3 Å². The number of halogens is 1. The van der Waals surface area contributed by atoms with Gasteiger partial charge in [0.25, 0.3) is 0 Å². The van der Waals surface area contributed by atoms with E-state index in [4.69, 9.17) is 10.2 Å². The summed E-state index contributed by atoms with van der Waals surface area (Å²) in [5.41, 5.74) is 8.04. The molecule has 4 heteroatoms. The molecule has 0 radical (unpaired) electrons. The first-order valence-corrected chi connectivity index (χ1v) is 7.51. The third kappa shape index (κ3) is 2.04. The zero-order valence-corrected chi connectivity index (χ0v) is 11.9. The molecule has 2 N–H and O–H groups in total. The molecule has 0 saturated heterocycles. The minimum Gasteiger partial charge on any atom is -0.459 e. The molecule has 1 unspecified atom stereocenters. The van der Waals surface area contributed by atoms with Crippen LogP contribution in [0.25, 0.3) is 21.1 Å². The summed E-state index contributed by atoms with van der Waals surface area (Å²) in [4.78, 5) is 0. The molecule has 4 rings (SSSR count). The molecule has 2 aromatic heterocycles. The van der Waals surface area contributed by atoms with E-state index < -0.39 is 0 Å². The summed E-state index contributed by atoms with van der Waals surface area (Å²) in [6.07, 6.45) is 0. The molecule has 104 valence electrons. The average molecular weight is 297 g/mol. The average Bonchev–Trinajstić information content (AvgIpc) is 3.09. The van der Waals surface area contributed by atoms with E-state index in [0.29, 0.717) is 11.3 Å². The molecule has 2 nitrogen and oxygen atoms in total. The number of hydrogen-bond acceptors (Lipinski definition) is 3. The van der Waals surface area contributed by atoms with E-state index in [-0.39, 0.29) is 11.9 Å². The van der Waals surface area contributed by atoms with Crippen LogP contribution in [0.2, 0.25) is 0 Å². The zero-order valence-electron chi connectivity index (χ0n) is 11.0. The number of nitrogens with two attached hydrogens (primary N) is 1. The van der Waals surface area contributed by atoms with Gasteiger partial charge in [-0.2, -0.15) is 0 Å². The van der Waals surface area contributed by atoms with E-state index >= 15 is 0 Å². The number of furan rings is 1. The summed E-state index contributed by atoms with van der Waals surface area (Å²) in [7, 11) is 0. The molecule has 4 aromatic rings. The molecular formula is C17H12FNOS. The van der Waals surface area contributed by atoms with Crippen molar-refractivity contribution in [2.45, 2.75) is 6.04 Å². The van der Waals surface area contributed by atoms with Crippen LogP contribution in [0.15, 0.2) is 58.3 Å². The van der Waals surface area contributed by atoms with Crippen LogP contribution < -0.4 is 5.73 Å². The maximum atomic E-state index is 13.3. The molecular weight excluding hydrogens is 285 g/mol. The van der Waals surface area contributed by atoms with Crippen molar-refractivity contribution in [2.75, 3.05) is 0 Å². The van der Waals surface area contributed by atoms with Gasteiger partial charge in [0.1, 0.15) is 17.2 Å². The highest BCUT2D eigenvalue weighted by atomic mass is 32.1. The number of thiophene rings is 1. The molecule has 0 aliphatic heterocycles. The second-order valence-corrected chi connectivity index (χ2v) is 5.91. The minimum absolute atomic E-state index is 0.274. The van der Waals surface area contributed by atoms with Crippen molar-refractivity contribution < 1.29 is 8.81 Å². The van der Waals surface area contributed by atoms with Gasteiger partial charge in [0.05, 0.1) is 6.04 Å². The normalized spacial score (nSPS) is 13.0. The largest absolute Gasteiger partial charge is 0.459 e. The molecule has 2 aromatic carbocycles. The van der Waals surface area contributed by atoms with Gasteiger partial charge in [0, 0.05) is 10.1 Å². The Bertz CT molecular complexity index is 940. The van der Waals surface area contributed by atoms with Crippen LogP contribution in [-0.2, 0) is 0 Å². The fourth-order valence-corrected chi connectivity index (χ4v) is 3.58. The topological polar surface area (TPSA) is 39.2 Å². The quantitative estimate of drug-likeness (QED) is 0.575. The Labute approximate surface area is 124 Å². The summed E-state index contributed by atoms with van der Waals surface area (Å²) in [6.45, 7) is 0. The Hall–Kier alpha value is -2.17. The predicted molar refractivity (Wildman–Crippen MR) is 84.0 cm³/mol. The van der Waals surface area contributed by atoms with Crippen molar-refractivity contribution in [3.63, 3.8) is 0 Å². The van der Waals surface area contributed by atoms with Crippen LogP contribution in [0, 0.1) is 5.82 Å². The van der Waals surface area contributed by atoms with Crippen LogP contribution in [0.4, 0.5) is 4.39 Å². The van der Waals surface area contributed by atoms with Gasteiger partial charge in [-0.3, -0.25) is 0 Å². The summed E-state index contributed by atoms with van der Waals surface area (Å²) >= 11 is 1.66. The SMILES string of the molecule is NC(c1cc2cc(F)ccc2o1)c1csc2ccccc12. The zero-order chi connectivity index (χ0) is 14.4. The standard InChI is InChI=1S/C17H12FNOS/c18-11-5-6-14-10(7-11)8-15(20-14)17(19)13-9-21-16-4-2-1-3-12(13)16/h1-9,17H,19H2. The Morgan fingerprint density at radius 1 is 1.10 bits per heavy atom. The molecule has 0 fully saturated rings. The van der Waals surface area contributed by atoms with Gasteiger partial charge in [0.2, 0.25) is 0 Å². The minimum atomic E-state index is -0.350. The van der Waals surface area contributed by atoms with Crippen molar-refractivity contribution in [2.24, 2.45) is 5.73 Å². The first-order chi connectivity index (χ1) is 10.2. The van der Waals surface area contributed by atoms with E-state index in [2.05, 4.69) is 17.5 Å². The maximum Gasteiger partial charge on any atom is 0.134 e. The van der Waals surface area contributed by atoms with Crippen molar-refractivity contribution in [1.82, 2.24) is 0 Å². The summed E-state index contributed by atoms with van der Waals surface area (Å²) in [5, 5.41) is 3.94. The van der Waals surface area contributed by atoms with E-state index in [0.717, 1.165) is 16.3 Å². The highest BCUT2D eigenvalue weighted by Crippen LogP contribution is 2.34. The van der Waals surface area contributed by atoms with Crippen LogP contribution in [-0.4, -0.2) is 0 Å². The summed E-state index contributed by atoms with van der Waals surface area (Å²) < 4.78 is 20.2. The van der Waals surface area contributed by atoms with Gasteiger partial charge in [0.15, 0.2) is 0 Å². The van der Waals surface area contributed by atoms with Gasteiger partial charge in [-0.05, 0) is 46.7 Å². The van der Waals surface area contributed by atoms with Crippen LogP contribution in [0.5, 0.6) is 0 Å². The van der Waals surface area contributed by atoms with E-state index in [1.807, 2.05) is 18.2 Å². The lowest BCUT2D eigenvalue weighted by Crippen LogP contribution is -2.10. The van der Waals surface area contributed by atoms with E-state index in [1.165, 1.54) is 16.8 Å². The van der Waals surface area contributed by atoms with Gasteiger partial charge in [-0.25, -0.2) is 4.39 Å². The molecule has 2 heterocycles. The fourth-order valence-electron chi connectivity index (χ4n) is 2.58. The number of rotatable bonds is 2. The van der Waals surface area contributed by atoms with Gasteiger partial charge < -0.3 is 10.2 Å². The first-order valence-electron chi connectivity index (χ1n) is 6.63. The Balaban J connectivity index is 1.83. The maximum absolute atomic E-state index is 13.3. The molecule has 0 saturated carbocycles. The first kappa shape index (κ1) is 12.6. The highest BCUT2D eigenvalue weighted by Gasteiger charge is 2.18. The molecule has 0 spiro atoms. The molecule has 0 bridgehead atoms. The van der Waals surface area contributed by atoms with Crippen LogP contribution >= 0.6 is 11.3 Å². The summed E-state index contributed by atoms with van der Waals surface area (Å²) in [6, 6.07) is 14.1. The van der Waals surface area contributed by atoms with Crippen LogP contribution in [0.3, 0.4) is 0 Å². The smallest absolute Gasteiger partial charge is 0.134 e. The number of benzene rings is 2. The van der Waals surface area contributed by atoms with E-state index in [9.17, 15) is 4.39 Å². The highest BCUT2D eigenvalue weighted by molar-refractivity contribution is 7.17. The van der Waals surface area contributed by atoms with E-state index in [1.54, 1.807) is 17.4 Å². The number of hydrogen-bond donors (Lipinski definition) is 1. The third-order valence-electron chi connectivity index (χ3n) is 3.65. The lowest BCUT2D eigenvalue weighted by Gasteiger charge is -2.07. The lowest BCUT2D eigenvalue weighted by atomic mass is 10.0. The monoisotopic (exact) mass is 297 g/mol. The van der Waals surface area contributed by atoms with Crippen LogP contribution in [0.1, 0.15) is 17.4 Å². The Morgan fingerprint density at radius 2 is 1.95 bits per heavy atom. The molecule has 0 aliphatic rings. The predicted octanol–water partition coefficient (Wildman–Crippen LogP) is 4.83. The second-order valence-electron chi connectivity index (χ2n) is 5.00. The second kappa shape index (κ2) is 4.69. The Kier molecular flexibility index (Phi) is 2.80. The van der Waals surface area contributed by atoms with Crippen molar-refractivity contribution in [3.8, 4) is 0 Å². The van der Waals surface area contributed by atoms with Crippen molar-refractivity contribution >= 4 is 32.4 Å². The molecule has 0 amide bonds. The van der Waals surface area contributed by atoms with Gasteiger partial charge in [-0.1, -0.05) is 18.2 Å². The third-order valence-corrected chi connectivity index (χ3v) is 4.63. The molecule has 1 atom stereocenters. The van der Waals surface area contributed by atoms with Crippen molar-refractivity contribution in [1.29, 1.82) is 0 Å². The molecule has 21 heavy (non-hydrogen) atoms. The van der Waals surface area contributed by atoms with Crippen molar-refractivity contribution in [3.05, 3.63) is 71.1 Å².